The van der Waals surface area contributed by atoms with E-state index in [1.54, 1.807) is 0 Å². The second kappa shape index (κ2) is 7.73. The van der Waals surface area contributed by atoms with E-state index in [9.17, 15) is 9.59 Å². The highest BCUT2D eigenvalue weighted by Gasteiger charge is 2.47. The largest absolute Gasteiger partial charge is 0.339 e. The summed E-state index contributed by atoms with van der Waals surface area (Å²) in [5.41, 5.74) is 5.63. The van der Waals surface area contributed by atoms with Crippen molar-refractivity contribution >= 4 is 22.7 Å². The molecule has 0 spiro atoms. The van der Waals surface area contributed by atoms with E-state index in [4.69, 9.17) is 4.98 Å². The molecule has 2 aromatic carbocycles. The van der Waals surface area contributed by atoms with Crippen molar-refractivity contribution in [3.05, 3.63) is 65.2 Å². The van der Waals surface area contributed by atoms with Crippen molar-refractivity contribution in [2.24, 2.45) is 5.41 Å². The molecule has 1 aromatic heterocycles. The van der Waals surface area contributed by atoms with E-state index in [1.807, 2.05) is 54.0 Å². The normalized spacial score (nSPS) is 17.5. The molecule has 0 atom stereocenters. The van der Waals surface area contributed by atoms with E-state index in [2.05, 4.69) is 25.1 Å². The number of rotatable bonds is 3. The van der Waals surface area contributed by atoms with Crippen LogP contribution in [0.4, 0.5) is 0 Å². The predicted molar refractivity (Wildman–Crippen MR) is 126 cm³/mol. The Balaban J connectivity index is 1.31. The average molecular weight is 428 g/mol. The molecule has 1 saturated carbocycles. The van der Waals surface area contributed by atoms with Gasteiger partial charge in [0.25, 0.3) is 5.91 Å². The SMILES string of the molecule is Cc1ccc2nc(-c3ccc(C(=O)N4CCN(C(=O)C5(C)CC5)CC4)c(C)c3)ccc2c1. The minimum Gasteiger partial charge on any atom is -0.339 e. The number of hydrogen-bond donors (Lipinski definition) is 0. The van der Waals surface area contributed by atoms with Crippen molar-refractivity contribution < 1.29 is 9.59 Å². The first-order chi connectivity index (χ1) is 15.3. The van der Waals surface area contributed by atoms with Gasteiger partial charge in [-0.25, -0.2) is 4.98 Å². The summed E-state index contributed by atoms with van der Waals surface area (Å²) >= 11 is 0. The lowest BCUT2D eigenvalue weighted by Gasteiger charge is -2.36. The minimum absolute atomic E-state index is 0.0423. The third kappa shape index (κ3) is 3.77. The zero-order valence-electron chi connectivity index (χ0n) is 19.0. The molecule has 1 aliphatic carbocycles. The second-order valence-electron chi connectivity index (χ2n) is 9.57. The number of pyridine rings is 1. The molecule has 2 heterocycles. The van der Waals surface area contributed by atoms with Crippen LogP contribution in [0.5, 0.6) is 0 Å². The first kappa shape index (κ1) is 20.7. The van der Waals surface area contributed by atoms with Crippen LogP contribution in [0, 0.1) is 19.3 Å². The van der Waals surface area contributed by atoms with Crippen LogP contribution in [-0.4, -0.2) is 52.8 Å². The Labute approximate surface area is 189 Å². The summed E-state index contributed by atoms with van der Waals surface area (Å²) < 4.78 is 0. The maximum atomic E-state index is 13.2. The maximum Gasteiger partial charge on any atom is 0.254 e. The number of piperazine rings is 1. The number of aryl methyl sites for hydroxylation is 2. The Morgan fingerprint density at radius 2 is 1.59 bits per heavy atom. The molecular weight excluding hydrogens is 398 g/mol. The summed E-state index contributed by atoms with van der Waals surface area (Å²) in [6, 6.07) is 16.3. The second-order valence-corrected chi connectivity index (χ2v) is 9.57. The molecule has 32 heavy (non-hydrogen) atoms. The molecule has 2 fully saturated rings. The Bertz CT molecular complexity index is 1220. The third-order valence-corrected chi connectivity index (χ3v) is 6.97. The van der Waals surface area contributed by atoms with E-state index >= 15 is 0 Å². The molecule has 5 rings (SSSR count). The number of benzene rings is 2. The van der Waals surface area contributed by atoms with Gasteiger partial charge in [0.05, 0.1) is 11.2 Å². The highest BCUT2D eigenvalue weighted by atomic mass is 16.2. The van der Waals surface area contributed by atoms with Crippen molar-refractivity contribution in [2.45, 2.75) is 33.6 Å². The van der Waals surface area contributed by atoms with Crippen molar-refractivity contribution in [3.8, 4) is 11.3 Å². The van der Waals surface area contributed by atoms with E-state index in [0.717, 1.165) is 46.1 Å². The van der Waals surface area contributed by atoms with E-state index in [-0.39, 0.29) is 17.2 Å². The smallest absolute Gasteiger partial charge is 0.254 e. The number of aromatic nitrogens is 1. The average Bonchev–Trinajstić information content (AvgIpc) is 3.56. The van der Waals surface area contributed by atoms with Gasteiger partial charge in [0.15, 0.2) is 0 Å². The summed E-state index contributed by atoms with van der Waals surface area (Å²) in [5, 5.41) is 1.13. The fourth-order valence-electron chi connectivity index (χ4n) is 4.53. The van der Waals surface area contributed by atoms with Crippen LogP contribution in [0.3, 0.4) is 0 Å². The lowest BCUT2D eigenvalue weighted by atomic mass is 10.0. The van der Waals surface area contributed by atoms with Gasteiger partial charge >= 0.3 is 0 Å². The van der Waals surface area contributed by atoms with Gasteiger partial charge in [-0.15, -0.1) is 0 Å². The van der Waals surface area contributed by atoms with Crippen LogP contribution in [-0.2, 0) is 4.79 Å². The quantitative estimate of drug-likeness (QED) is 0.614. The zero-order valence-corrected chi connectivity index (χ0v) is 19.0. The summed E-state index contributed by atoms with van der Waals surface area (Å²) in [4.78, 5) is 34.3. The van der Waals surface area contributed by atoms with Crippen molar-refractivity contribution in [1.82, 2.24) is 14.8 Å². The number of amides is 2. The first-order valence-corrected chi connectivity index (χ1v) is 11.4. The van der Waals surface area contributed by atoms with E-state index in [1.165, 1.54) is 5.56 Å². The number of nitrogens with zero attached hydrogens (tertiary/aromatic N) is 3. The highest BCUT2D eigenvalue weighted by Crippen LogP contribution is 2.46. The van der Waals surface area contributed by atoms with Gasteiger partial charge in [-0.3, -0.25) is 9.59 Å². The topological polar surface area (TPSA) is 53.5 Å². The summed E-state index contributed by atoms with van der Waals surface area (Å²) in [5.74, 6) is 0.295. The lowest BCUT2D eigenvalue weighted by Crippen LogP contribution is -2.52. The predicted octanol–water partition coefficient (Wildman–Crippen LogP) is 4.60. The molecule has 5 heteroatoms. The minimum atomic E-state index is -0.145. The van der Waals surface area contributed by atoms with Crippen LogP contribution in [0.1, 0.15) is 41.3 Å². The molecule has 0 radical (unpaired) electrons. The Morgan fingerprint density at radius 3 is 2.28 bits per heavy atom. The number of carbonyl (C=O) groups is 2. The van der Waals surface area contributed by atoms with Crippen molar-refractivity contribution in [1.29, 1.82) is 0 Å². The van der Waals surface area contributed by atoms with Crippen LogP contribution in [0.25, 0.3) is 22.2 Å². The van der Waals surface area contributed by atoms with Gasteiger partial charge in [-0.1, -0.05) is 30.7 Å². The van der Waals surface area contributed by atoms with Gasteiger partial charge in [-0.05, 0) is 62.6 Å². The molecular formula is C27H29N3O2. The van der Waals surface area contributed by atoms with E-state index < -0.39 is 0 Å². The highest BCUT2D eigenvalue weighted by molar-refractivity contribution is 5.96. The monoisotopic (exact) mass is 427 g/mol. The third-order valence-electron chi connectivity index (χ3n) is 6.97. The Morgan fingerprint density at radius 1 is 0.875 bits per heavy atom. The standard InChI is InChI=1S/C27H29N3O2/c1-18-4-8-23-20(16-18)6-9-24(28-23)21-5-7-22(19(2)17-21)25(31)29-12-14-30(15-13-29)26(32)27(3)10-11-27/h4-9,16-17H,10-15H2,1-3H3. The molecule has 1 aliphatic heterocycles. The maximum absolute atomic E-state index is 13.2. The first-order valence-electron chi connectivity index (χ1n) is 11.4. The number of carbonyl (C=O) groups excluding carboxylic acids is 2. The van der Waals surface area contributed by atoms with Gasteiger partial charge in [0.2, 0.25) is 5.91 Å². The fraction of sp³-hybridized carbons (Fsp3) is 0.370. The van der Waals surface area contributed by atoms with Gasteiger partial charge in [0, 0.05) is 48.1 Å². The van der Waals surface area contributed by atoms with Crippen LogP contribution >= 0.6 is 0 Å². The number of fused-ring (bicyclic) bond motifs is 1. The fourth-order valence-corrected chi connectivity index (χ4v) is 4.53. The van der Waals surface area contributed by atoms with E-state index in [0.29, 0.717) is 26.2 Å². The lowest BCUT2D eigenvalue weighted by molar-refractivity contribution is -0.137. The molecule has 0 unspecified atom stereocenters. The van der Waals surface area contributed by atoms with Crippen LogP contribution in [0.2, 0.25) is 0 Å². The molecule has 2 aliphatic rings. The molecule has 2 amide bonds. The molecule has 5 nitrogen and oxygen atoms in total. The summed E-state index contributed by atoms with van der Waals surface area (Å²) in [6.45, 7) is 8.53. The number of hydrogen-bond acceptors (Lipinski definition) is 3. The molecule has 164 valence electrons. The van der Waals surface area contributed by atoms with Crippen molar-refractivity contribution in [3.63, 3.8) is 0 Å². The zero-order chi connectivity index (χ0) is 22.5. The van der Waals surface area contributed by atoms with Gasteiger partial charge in [0.1, 0.15) is 0 Å². The molecule has 1 saturated heterocycles. The van der Waals surface area contributed by atoms with Gasteiger partial charge in [-0.2, -0.15) is 0 Å². The Kier molecular flexibility index (Phi) is 5.00. The molecule has 3 aromatic rings. The van der Waals surface area contributed by atoms with Crippen molar-refractivity contribution in [2.75, 3.05) is 26.2 Å². The van der Waals surface area contributed by atoms with Gasteiger partial charge < -0.3 is 9.80 Å². The summed E-state index contributed by atoms with van der Waals surface area (Å²) in [6.07, 6.45) is 1.98. The van der Waals surface area contributed by atoms with Crippen LogP contribution < -0.4 is 0 Å². The molecule has 0 bridgehead atoms. The van der Waals surface area contributed by atoms with Crippen LogP contribution in [0.15, 0.2) is 48.5 Å². The summed E-state index contributed by atoms with van der Waals surface area (Å²) in [7, 11) is 0. The Hall–Kier alpha value is -3.21. The molecule has 0 N–H and O–H groups in total.